The summed E-state index contributed by atoms with van der Waals surface area (Å²) in [7, 11) is 0. The third-order valence-corrected chi connectivity index (χ3v) is 5.85. The molecule has 0 bridgehead atoms. The predicted molar refractivity (Wildman–Crippen MR) is 111 cm³/mol. The third-order valence-electron chi connectivity index (χ3n) is 5.85. The summed E-state index contributed by atoms with van der Waals surface area (Å²) in [4.78, 5) is 18.8. The molecule has 0 spiro atoms. The third kappa shape index (κ3) is 3.66. The molecule has 1 atom stereocenters. The maximum Gasteiger partial charge on any atom is 0.147 e. The Balaban J connectivity index is 1.62. The first kappa shape index (κ1) is 18.7. The second kappa shape index (κ2) is 7.75. The van der Waals surface area contributed by atoms with E-state index in [4.69, 9.17) is 9.97 Å². The molecule has 0 saturated carbocycles. The Hall–Kier alpha value is -2.68. The molecule has 0 aliphatic carbocycles. The molecule has 1 unspecified atom stereocenters. The maximum absolute atomic E-state index is 9.65. The van der Waals surface area contributed by atoms with E-state index in [1.807, 2.05) is 26.8 Å². The molecule has 0 radical (unpaired) electrons. The molecule has 2 aromatic heterocycles. The largest absolute Gasteiger partial charge is 0.357 e. The standard InChI is InChI=1S/C22H28N6/c1-15-11-16(2)24-22(19(15)13-23)28-10-6-7-18(14-28)20-12-21(26-17(3)25-20)27-8-4-5-9-27/h11-12,18H,4-10,14H2,1-3H3. The van der Waals surface area contributed by atoms with Crippen LogP contribution in [0, 0.1) is 32.1 Å². The lowest BCUT2D eigenvalue weighted by atomic mass is 9.93. The van der Waals surface area contributed by atoms with Crippen molar-refractivity contribution in [1.29, 1.82) is 5.26 Å². The molecule has 0 amide bonds. The van der Waals surface area contributed by atoms with Crippen molar-refractivity contribution in [2.24, 2.45) is 0 Å². The Kier molecular flexibility index (Phi) is 5.17. The lowest BCUT2D eigenvalue weighted by molar-refractivity contribution is 0.496. The van der Waals surface area contributed by atoms with Crippen molar-refractivity contribution in [3.63, 3.8) is 0 Å². The van der Waals surface area contributed by atoms with Gasteiger partial charge in [-0.1, -0.05) is 0 Å². The molecular formula is C22H28N6. The van der Waals surface area contributed by atoms with E-state index >= 15 is 0 Å². The fourth-order valence-corrected chi connectivity index (χ4v) is 4.49. The summed E-state index contributed by atoms with van der Waals surface area (Å²) in [6.07, 6.45) is 4.67. The Labute approximate surface area is 167 Å². The molecule has 4 rings (SSSR count). The zero-order chi connectivity index (χ0) is 19.7. The minimum Gasteiger partial charge on any atom is -0.357 e. The normalized spacial score (nSPS) is 19.7. The molecule has 6 heteroatoms. The van der Waals surface area contributed by atoms with Crippen molar-refractivity contribution < 1.29 is 0 Å². The van der Waals surface area contributed by atoms with E-state index in [2.05, 4.69) is 26.9 Å². The number of anilines is 2. The molecular weight excluding hydrogens is 348 g/mol. The zero-order valence-electron chi connectivity index (χ0n) is 17.1. The van der Waals surface area contributed by atoms with Crippen LogP contribution in [0.1, 0.15) is 59.9 Å². The van der Waals surface area contributed by atoms with E-state index in [0.717, 1.165) is 73.4 Å². The monoisotopic (exact) mass is 376 g/mol. The Morgan fingerprint density at radius 3 is 2.46 bits per heavy atom. The minimum absolute atomic E-state index is 0.339. The molecule has 2 fully saturated rings. The highest BCUT2D eigenvalue weighted by Gasteiger charge is 2.27. The molecule has 2 aromatic rings. The van der Waals surface area contributed by atoms with Crippen LogP contribution >= 0.6 is 0 Å². The quantitative estimate of drug-likeness (QED) is 0.814. The van der Waals surface area contributed by atoms with Gasteiger partial charge < -0.3 is 9.80 Å². The lowest BCUT2D eigenvalue weighted by Crippen LogP contribution is -2.36. The highest BCUT2D eigenvalue weighted by atomic mass is 15.2. The van der Waals surface area contributed by atoms with Gasteiger partial charge in [-0.2, -0.15) is 5.26 Å². The van der Waals surface area contributed by atoms with Gasteiger partial charge in [-0.25, -0.2) is 15.0 Å². The van der Waals surface area contributed by atoms with Gasteiger partial charge in [0.25, 0.3) is 0 Å². The predicted octanol–water partition coefficient (Wildman–Crippen LogP) is 3.65. The maximum atomic E-state index is 9.65. The first-order valence-electron chi connectivity index (χ1n) is 10.3. The van der Waals surface area contributed by atoms with Crippen LogP contribution in [0.3, 0.4) is 0 Å². The molecule has 6 nitrogen and oxygen atoms in total. The summed E-state index contributed by atoms with van der Waals surface area (Å²) in [6, 6.07) is 6.53. The van der Waals surface area contributed by atoms with Gasteiger partial charge in [0, 0.05) is 43.9 Å². The van der Waals surface area contributed by atoms with Crippen LogP contribution in [0.15, 0.2) is 12.1 Å². The summed E-state index contributed by atoms with van der Waals surface area (Å²) in [5.74, 6) is 3.08. The molecule has 0 aromatic carbocycles. The topological polar surface area (TPSA) is 68.9 Å². The van der Waals surface area contributed by atoms with E-state index in [0.29, 0.717) is 11.5 Å². The van der Waals surface area contributed by atoms with Crippen LogP contribution < -0.4 is 9.80 Å². The number of piperidine rings is 1. The molecule has 2 saturated heterocycles. The molecule has 4 heterocycles. The number of hydrogen-bond acceptors (Lipinski definition) is 6. The van der Waals surface area contributed by atoms with Crippen molar-refractivity contribution in [2.45, 2.75) is 52.4 Å². The Bertz CT molecular complexity index is 910. The van der Waals surface area contributed by atoms with Crippen LogP contribution in [0.4, 0.5) is 11.6 Å². The van der Waals surface area contributed by atoms with E-state index < -0.39 is 0 Å². The summed E-state index contributed by atoms with van der Waals surface area (Å²) < 4.78 is 0. The van der Waals surface area contributed by atoms with Gasteiger partial charge in [-0.3, -0.25) is 0 Å². The van der Waals surface area contributed by atoms with E-state index in [-0.39, 0.29) is 0 Å². The van der Waals surface area contributed by atoms with E-state index in [1.165, 1.54) is 12.8 Å². The number of pyridine rings is 1. The average molecular weight is 377 g/mol. The second-order valence-electron chi connectivity index (χ2n) is 8.07. The Morgan fingerprint density at radius 2 is 1.71 bits per heavy atom. The first-order valence-corrected chi connectivity index (χ1v) is 10.3. The number of rotatable bonds is 3. The first-order chi connectivity index (χ1) is 13.5. The number of aromatic nitrogens is 3. The van der Waals surface area contributed by atoms with Crippen molar-refractivity contribution >= 4 is 11.6 Å². The number of nitriles is 1. The second-order valence-corrected chi connectivity index (χ2v) is 8.07. The molecule has 2 aliphatic rings. The minimum atomic E-state index is 0.339. The summed E-state index contributed by atoms with van der Waals surface area (Å²) in [5.41, 5.74) is 3.79. The average Bonchev–Trinajstić information content (AvgIpc) is 3.22. The van der Waals surface area contributed by atoms with Gasteiger partial charge in [0.2, 0.25) is 0 Å². The van der Waals surface area contributed by atoms with Gasteiger partial charge in [-0.15, -0.1) is 0 Å². The smallest absolute Gasteiger partial charge is 0.147 e. The van der Waals surface area contributed by atoms with Crippen molar-refractivity contribution in [3.05, 3.63) is 40.5 Å². The fourth-order valence-electron chi connectivity index (χ4n) is 4.49. The van der Waals surface area contributed by atoms with Crippen molar-refractivity contribution in [1.82, 2.24) is 15.0 Å². The highest BCUT2D eigenvalue weighted by Crippen LogP contribution is 2.32. The van der Waals surface area contributed by atoms with Crippen molar-refractivity contribution in [2.75, 3.05) is 36.0 Å². The van der Waals surface area contributed by atoms with Crippen LogP contribution in [0.2, 0.25) is 0 Å². The Morgan fingerprint density at radius 1 is 0.964 bits per heavy atom. The number of nitrogens with zero attached hydrogens (tertiary/aromatic N) is 6. The summed E-state index contributed by atoms with van der Waals surface area (Å²) >= 11 is 0. The van der Waals surface area contributed by atoms with Crippen LogP contribution in [-0.4, -0.2) is 41.1 Å². The van der Waals surface area contributed by atoms with E-state index in [9.17, 15) is 5.26 Å². The molecule has 28 heavy (non-hydrogen) atoms. The van der Waals surface area contributed by atoms with Gasteiger partial charge >= 0.3 is 0 Å². The van der Waals surface area contributed by atoms with Gasteiger partial charge in [0.1, 0.15) is 23.5 Å². The summed E-state index contributed by atoms with van der Waals surface area (Å²) in [5, 5.41) is 9.65. The number of aryl methyl sites for hydroxylation is 3. The lowest BCUT2D eigenvalue weighted by Gasteiger charge is -2.34. The summed E-state index contributed by atoms with van der Waals surface area (Å²) in [6.45, 7) is 9.94. The van der Waals surface area contributed by atoms with Gasteiger partial charge in [-0.05, 0) is 58.1 Å². The van der Waals surface area contributed by atoms with Gasteiger partial charge in [0.15, 0.2) is 0 Å². The van der Waals surface area contributed by atoms with Crippen molar-refractivity contribution in [3.8, 4) is 6.07 Å². The van der Waals surface area contributed by atoms with Gasteiger partial charge in [0.05, 0.1) is 11.3 Å². The molecule has 2 aliphatic heterocycles. The van der Waals surface area contributed by atoms with Crippen LogP contribution in [0.25, 0.3) is 0 Å². The molecule has 146 valence electrons. The SMILES string of the molecule is Cc1cc(C)c(C#N)c(N2CCCC(c3cc(N4CCCC4)nc(C)n3)C2)n1. The van der Waals surface area contributed by atoms with E-state index in [1.54, 1.807) is 0 Å². The number of hydrogen-bond donors (Lipinski definition) is 0. The zero-order valence-corrected chi connectivity index (χ0v) is 17.1. The fraction of sp³-hybridized carbons (Fsp3) is 0.545. The molecule has 0 N–H and O–H groups in total. The van der Waals surface area contributed by atoms with Crippen LogP contribution in [0.5, 0.6) is 0 Å². The highest BCUT2D eigenvalue weighted by molar-refractivity contribution is 5.58. The van der Waals surface area contributed by atoms with Crippen LogP contribution in [-0.2, 0) is 0 Å².